The van der Waals surface area contributed by atoms with Gasteiger partial charge in [0.2, 0.25) is 0 Å². The molecular weight excluding hydrogens is 1150 g/mol. The minimum Gasteiger partial charge on any atom is -0.545 e. The normalized spacial score (nSPS) is 12.8. The zero-order chi connectivity index (χ0) is 67.5. The van der Waals surface area contributed by atoms with E-state index < -0.39 is 24.3 Å². The summed E-state index contributed by atoms with van der Waals surface area (Å²) in [5, 5.41) is 11.9. The van der Waals surface area contributed by atoms with Crippen molar-refractivity contribution in [2.75, 3.05) is 47.5 Å². The first-order valence-electron chi connectivity index (χ1n) is 40.8. The van der Waals surface area contributed by atoms with Gasteiger partial charge in [-0.25, -0.2) is 0 Å². The lowest BCUT2D eigenvalue weighted by Crippen LogP contribution is -2.44. The summed E-state index contributed by atoms with van der Waals surface area (Å²) in [6.07, 6.45) is 95.3. The van der Waals surface area contributed by atoms with E-state index in [-0.39, 0.29) is 32.2 Å². The first-order chi connectivity index (χ1) is 45.6. The molecule has 0 aliphatic heterocycles. The zero-order valence-electron chi connectivity index (χ0n) is 62.7. The first kappa shape index (κ1) is 90.2. The lowest BCUT2D eigenvalue weighted by Gasteiger charge is -2.26. The molecule has 0 radical (unpaired) electrons. The Hall–Kier alpha value is -2.75. The van der Waals surface area contributed by atoms with Gasteiger partial charge < -0.3 is 33.3 Å². The van der Waals surface area contributed by atoms with E-state index in [0.717, 1.165) is 51.4 Å². The average molecular weight is 1310 g/mol. The third kappa shape index (κ3) is 76.5. The Morgan fingerprint density at radius 3 is 0.849 bits per heavy atom. The summed E-state index contributed by atoms with van der Waals surface area (Å²) in [6.45, 7) is 4.80. The van der Waals surface area contributed by atoms with Crippen molar-refractivity contribution < 1.29 is 42.9 Å². The molecule has 0 saturated heterocycles. The summed E-state index contributed by atoms with van der Waals surface area (Å²) in [6, 6.07) is 0. The third-order valence-electron chi connectivity index (χ3n) is 18.5. The Labute approximate surface area is 578 Å². The first-order valence-corrected chi connectivity index (χ1v) is 40.8. The summed E-state index contributed by atoms with van der Waals surface area (Å²) in [5.41, 5.74) is 0. The molecule has 0 aliphatic carbocycles. The number of carbonyl (C=O) groups excluding carboxylic acids is 3. The molecule has 0 amide bonds. The minimum absolute atomic E-state index is 0.151. The standard InChI is InChI=1S/C84H157NO8/c1-6-8-10-12-14-16-18-20-22-24-26-28-30-32-34-36-38-39-40-41-42-43-45-47-49-51-53-55-57-59-61-63-65-67-69-71-73-75-82(87)93-80(79-92-84(83(88)89)90-77-76-85(3,4)5)78-91-81(86)74-72-70-68-66-64-62-60-58-56-54-52-50-48-46-44-37-35-33-31-29-27-25-23-21-19-17-15-13-11-9-7-2/h18-21,24-27,80,84H,6-17,22-23,28-79H2,1-5H3/b20-18-,21-19-,26-24-,27-25-. The molecule has 0 heterocycles. The topological polar surface area (TPSA) is 111 Å². The Morgan fingerprint density at radius 2 is 0.581 bits per heavy atom. The number of ether oxygens (including phenoxy) is 4. The molecule has 2 atom stereocenters. The molecule has 9 nitrogen and oxygen atoms in total. The van der Waals surface area contributed by atoms with Crippen molar-refractivity contribution in [1.29, 1.82) is 0 Å². The van der Waals surface area contributed by atoms with Crippen LogP contribution in [0.2, 0.25) is 0 Å². The van der Waals surface area contributed by atoms with Gasteiger partial charge in [0.25, 0.3) is 0 Å². The molecule has 0 aromatic rings. The van der Waals surface area contributed by atoms with Gasteiger partial charge in [0.05, 0.1) is 40.3 Å². The van der Waals surface area contributed by atoms with Crippen molar-refractivity contribution in [3.63, 3.8) is 0 Å². The molecule has 0 spiro atoms. The molecular formula is C84H157NO8. The zero-order valence-corrected chi connectivity index (χ0v) is 62.7. The van der Waals surface area contributed by atoms with Gasteiger partial charge in [-0.1, -0.05) is 371 Å². The molecule has 0 fully saturated rings. The minimum atomic E-state index is -1.62. The number of carboxylic acid groups (broad SMARTS) is 1. The van der Waals surface area contributed by atoms with Crippen LogP contribution in [0.4, 0.5) is 0 Å². The van der Waals surface area contributed by atoms with Crippen LogP contribution in [0.1, 0.15) is 412 Å². The lowest BCUT2D eigenvalue weighted by molar-refractivity contribution is -0.870. The van der Waals surface area contributed by atoms with Crippen LogP contribution >= 0.6 is 0 Å². The van der Waals surface area contributed by atoms with Crippen LogP contribution in [0.5, 0.6) is 0 Å². The number of carbonyl (C=O) groups is 3. The molecule has 2 unspecified atom stereocenters. The van der Waals surface area contributed by atoms with Crippen LogP contribution in [0.25, 0.3) is 0 Å². The maximum absolute atomic E-state index is 13.0. The highest BCUT2D eigenvalue weighted by Crippen LogP contribution is 2.20. The van der Waals surface area contributed by atoms with Gasteiger partial charge in [0.15, 0.2) is 12.4 Å². The molecule has 0 saturated carbocycles. The molecule has 93 heavy (non-hydrogen) atoms. The molecule has 9 heteroatoms. The lowest BCUT2D eigenvalue weighted by atomic mass is 10.0. The number of likely N-dealkylation sites (N-methyl/N-ethyl adjacent to an activating group) is 1. The second kappa shape index (κ2) is 75.0. The van der Waals surface area contributed by atoms with Crippen LogP contribution in [0, 0.1) is 0 Å². The predicted octanol–water partition coefficient (Wildman–Crippen LogP) is 24.7. The van der Waals surface area contributed by atoms with Crippen LogP contribution in [0.15, 0.2) is 48.6 Å². The molecule has 0 aromatic heterocycles. The van der Waals surface area contributed by atoms with E-state index in [4.69, 9.17) is 18.9 Å². The number of allylic oxidation sites excluding steroid dienone is 8. The Balaban J connectivity index is 3.96. The van der Waals surface area contributed by atoms with Gasteiger partial charge in [-0.05, 0) is 77.0 Å². The van der Waals surface area contributed by atoms with Gasteiger partial charge >= 0.3 is 11.9 Å². The van der Waals surface area contributed by atoms with Crippen molar-refractivity contribution in [1.82, 2.24) is 0 Å². The maximum Gasteiger partial charge on any atom is 0.306 e. The number of carboxylic acids is 1. The summed E-state index contributed by atoms with van der Waals surface area (Å²) in [5.74, 6) is -2.25. The fourth-order valence-electron chi connectivity index (χ4n) is 12.3. The largest absolute Gasteiger partial charge is 0.545 e. The Morgan fingerprint density at radius 1 is 0.323 bits per heavy atom. The number of hydrogen-bond donors (Lipinski definition) is 0. The average Bonchev–Trinajstić information content (AvgIpc) is 3.73. The molecule has 0 bridgehead atoms. The number of rotatable bonds is 77. The fourth-order valence-corrected chi connectivity index (χ4v) is 12.3. The van der Waals surface area contributed by atoms with Crippen LogP contribution < -0.4 is 5.11 Å². The molecule has 546 valence electrons. The Bertz CT molecular complexity index is 1670. The summed E-state index contributed by atoms with van der Waals surface area (Å²) < 4.78 is 22.9. The highest BCUT2D eigenvalue weighted by atomic mass is 16.7. The van der Waals surface area contributed by atoms with E-state index in [9.17, 15) is 19.5 Å². The van der Waals surface area contributed by atoms with Crippen molar-refractivity contribution in [3.8, 4) is 0 Å². The number of hydrogen-bond acceptors (Lipinski definition) is 8. The quantitative estimate of drug-likeness (QED) is 0.0195. The van der Waals surface area contributed by atoms with Crippen molar-refractivity contribution in [2.24, 2.45) is 0 Å². The van der Waals surface area contributed by atoms with Crippen molar-refractivity contribution >= 4 is 17.9 Å². The van der Waals surface area contributed by atoms with Crippen molar-refractivity contribution in [2.45, 2.75) is 424 Å². The molecule has 0 rings (SSSR count). The van der Waals surface area contributed by atoms with Gasteiger partial charge in [-0.15, -0.1) is 0 Å². The van der Waals surface area contributed by atoms with E-state index in [0.29, 0.717) is 17.4 Å². The van der Waals surface area contributed by atoms with Gasteiger partial charge in [0, 0.05) is 12.8 Å². The van der Waals surface area contributed by atoms with Crippen LogP contribution in [0.3, 0.4) is 0 Å². The van der Waals surface area contributed by atoms with E-state index in [1.165, 1.54) is 334 Å². The second-order valence-corrected chi connectivity index (χ2v) is 29.1. The SMILES string of the molecule is CCCCCCC/C=C\C/C=C\CCCCCCCCCCCCCCCCCCCCCCCCCCCC(=O)OC(COC(=O)CCCCCCCCCCCCCCCCCCCCC/C=C\C/C=C\CCCCCCC)COC(OCC[N+](C)(C)C)C(=O)[O-]. The number of quaternary nitrogens is 1. The monoisotopic (exact) mass is 1310 g/mol. The van der Waals surface area contributed by atoms with Gasteiger partial charge in [-0.2, -0.15) is 0 Å². The Kier molecular flexibility index (Phi) is 72.8. The highest BCUT2D eigenvalue weighted by molar-refractivity contribution is 5.70. The second-order valence-electron chi connectivity index (χ2n) is 29.1. The smallest absolute Gasteiger partial charge is 0.306 e. The van der Waals surface area contributed by atoms with Crippen molar-refractivity contribution in [3.05, 3.63) is 48.6 Å². The molecule has 0 aromatic carbocycles. The summed E-state index contributed by atoms with van der Waals surface area (Å²) in [4.78, 5) is 37.6. The maximum atomic E-state index is 13.0. The molecule has 0 N–H and O–H groups in total. The number of aliphatic carboxylic acids is 1. The predicted molar refractivity (Wildman–Crippen MR) is 399 cm³/mol. The number of esters is 2. The number of unbranched alkanes of at least 4 members (excludes halogenated alkanes) is 54. The summed E-state index contributed by atoms with van der Waals surface area (Å²) >= 11 is 0. The van der Waals surface area contributed by atoms with E-state index in [2.05, 4.69) is 62.5 Å². The van der Waals surface area contributed by atoms with Crippen LogP contribution in [-0.4, -0.2) is 82.3 Å². The highest BCUT2D eigenvalue weighted by Gasteiger charge is 2.22. The van der Waals surface area contributed by atoms with E-state index in [1.807, 2.05) is 21.1 Å². The van der Waals surface area contributed by atoms with Gasteiger partial charge in [0.1, 0.15) is 13.2 Å². The van der Waals surface area contributed by atoms with E-state index >= 15 is 0 Å². The molecule has 0 aliphatic rings. The fraction of sp³-hybridized carbons (Fsp3) is 0.869. The van der Waals surface area contributed by atoms with Crippen LogP contribution in [-0.2, 0) is 33.3 Å². The van der Waals surface area contributed by atoms with E-state index in [1.54, 1.807) is 0 Å². The summed E-state index contributed by atoms with van der Waals surface area (Å²) in [7, 11) is 5.95. The third-order valence-corrected chi connectivity index (χ3v) is 18.5. The van der Waals surface area contributed by atoms with Gasteiger partial charge in [-0.3, -0.25) is 9.59 Å². The number of nitrogens with zero attached hydrogens (tertiary/aromatic N) is 1.